The van der Waals surface area contributed by atoms with E-state index in [-0.39, 0.29) is 0 Å². The Kier molecular flexibility index (Phi) is 5.51. The number of hydrogen-bond acceptors (Lipinski definition) is 7. The van der Waals surface area contributed by atoms with Gasteiger partial charge in [0.2, 0.25) is 5.13 Å². The number of halogens is 1. The van der Waals surface area contributed by atoms with Crippen LogP contribution in [0, 0.1) is 0 Å². The van der Waals surface area contributed by atoms with Crippen LogP contribution in [0.4, 0.5) is 16.5 Å². The van der Waals surface area contributed by atoms with E-state index < -0.39 is 5.63 Å². The highest BCUT2D eigenvalue weighted by Crippen LogP contribution is 2.29. The molecule has 0 radical (unpaired) electrons. The summed E-state index contributed by atoms with van der Waals surface area (Å²) in [6.45, 7) is 5.97. The first kappa shape index (κ1) is 19.4. The molecule has 2 aromatic carbocycles. The van der Waals surface area contributed by atoms with Gasteiger partial charge in [-0.05, 0) is 56.3 Å². The molecule has 0 aliphatic rings. The molecule has 0 amide bonds. The lowest BCUT2D eigenvalue weighted by molar-refractivity contribution is 0.563. The van der Waals surface area contributed by atoms with Crippen LogP contribution in [0.2, 0.25) is 5.02 Å². The number of nitrogens with zero attached hydrogens (tertiary/aromatic N) is 3. The smallest absolute Gasteiger partial charge is 0.346 e. The SMILES string of the molecule is CCN(CC)c1ccc2cc(-c3nnc(Nc4ccc(Cl)cc4)s3)c(=O)oc2c1. The minimum atomic E-state index is -0.427. The van der Waals surface area contributed by atoms with Crippen LogP contribution in [-0.2, 0) is 0 Å². The number of aromatic nitrogens is 2. The summed E-state index contributed by atoms with van der Waals surface area (Å²) in [4.78, 5) is 14.8. The zero-order valence-corrected chi connectivity index (χ0v) is 17.5. The van der Waals surface area contributed by atoms with E-state index in [4.69, 9.17) is 16.0 Å². The Morgan fingerprint density at radius 1 is 1.07 bits per heavy atom. The van der Waals surface area contributed by atoms with Crippen LogP contribution in [0.25, 0.3) is 21.5 Å². The van der Waals surface area contributed by atoms with Crippen molar-refractivity contribution >= 4 is 50.4 Å². The minimum absolute atomic E-state index is 0.398. The largest absolute Gasteiger partial charge is 0.422 e. The van der Waals surface area contributed by atoms with Crippen molar-refractivity contribution in [1.82, 2.24) is 10.2 Å². The Bertz CT molecular complexity index is 1200. The quantitative estimate of drug-likeness (QED) is 0.407. The zero-order valence-electron chi connectivity index (χ0n) is 16.0. The van der Waals surface area contributed by atoms with E-state index in [1.807, 2.05) is 30.3 Å². The molecule has 0 fully saturated rings. The van der Waals surface area contributed by atoms with Gasteiger partial charge in [-0.15, -0.1) is 10.2 Å². The summed E-state index contributed by atoms with van der Waals surface area (Å²) in [5, 5.41) is 14.0. The van der Waals surface area contributed by atoms with Crippen LogP contribution in [0.15, 0.2) is 57.7 Å². The monoisotopic (exact) mass is 426 g/mol. The second-order valence-corrected chi connectivity index (χ2v) is 7.80. The Morgan fingerprint density at radius 3 is 2.55 bits per heavy atom. The third-order valence-electron chi connectivity index (χ3n) is 4.60. The highest BCUT2D eigenvalue weighted by Gasteiger charge is 2.14. The maximum Gasteiger partial charge on any atom is 0.346 e. The van der Waals surface area contributed by atoms with Crippen molar-refractivity contribution in [3.05, 3.63) is 64.0 Å². The molecule has 0 saturated heterocycles. The van der Waals surface area contributed by atoms with Crippen molar-refractivity contribution in [1.29, 1.82) is 0 Å². The lowest BCUT2D eigenvalue weighted by atomic mass is 10.1. The van der Waals surface area contributed by atoms with Crippen molar-refractivity contribution in [2.75, 3.05) is 23.3 Å². The van der Waals surface area contributed by atoms with Gasteiger partial charge >= 0.3 is 5.63 Å². The average molecular weight is 427 g/mol. The van der Waals surface area contributed by atoms with Crippen LogP contribution in [0.3, 0.4) is 0 Å². The van der Waals surface area contributed by atoms with E-state index in [0.717, 1.165) is 29.9 Å². The summed E-state index contributed by atoms with van der Waals surface area (Å²) in [5.74, 6) is 0. The lowest BCUT2D eigenvalue weighted by Gasteiger charge is -2.20. The van der Waals surface area contributed by atoms with Crippen molar-refractivity contribution in [2.24, 2.45) is 0 Å². The lowest BCUT2D eigenvalue weighted by Crippen LogP contribution is -2.21. The van der Waals surface area contributed by atoms with E-state index in [2.05, 4.69) is 34.3 Å². The normalized spacial score (nSPS) is 11.0. The highest BCUT2D eigenvalue weighted by atomic mass is 35.5. The van der Waals surface area contributed by atoms with Gasteiger partial charge in [0, 0.05) is 40.9 Å². The molecule has 2 aromatic heterocycles. The maximum absolute atomic E-state index is 12.6. The first-order valence-corrected chi connectivity index (χ1v) is 10.5. The Labute approximate surface area is 176 Å². The van der Waals surface area contributed by atoms with Gasteiger partial charge in [0.1, 0.15) is 5.58 Å². The Balaban J connectivity index is 1.65. The molecule has 0 saturated carbocycles. The minimum Gasteiger partial charge on any atom is -0.422 e. The average Bonchev–Trinajstić information content (AvgIpc) is 3.18. The van der Waals surface area contributed by atoms with Crippen molar-refractivity contribution in [3.63, 3.8) is 0 Å². The van der Waals surface area contributed by atoms with E-state index in [1.165, 1.54) is 11.3 Å². The fourth-order valence-corrected chi connectivity index (χ4v) is 3.97. The third-order valence-corrected chi connectivity index (χ3v) is 5.72. The van der Waals surface area contributed by atoms with Crippen LogP contribution in [0.1, 0.15) is 13.8 Å². The summed E-state index contributed by atoms with van der Waals surface area (Å²) in [7, 11) is 0. The second kappa shape index (κ2) is 8.23. The summed E-state index contributed by atoms with van der Waals surface area (Å²) >= 11 is 7.19. The molecule has 0 aliphatic heterocycles. The van der Waals surface area contributed by atoms with Crippen LogP contribution in [-0.4, -0.2) is 23.3 Å². The van der Waals surface area contributed by atoms with Crippen LogP contribution < -0.4 is 15.8 Å². The van der Waals surface area contributed by atoms with E-state index in [1.54, 1.807) is 18.2 Å². The first-order chi connectivity index (χ1) is 14.1. The van der Waals surface area contributed by atoms with E-state index >= 15 is 0 Å². The molecular formula is C21H19ClN4O2S. The molecule has 1 N–H and O–H groups in total. The molecule has 2 heterocycles. The fraction of sp³-hybridized carbons (Fsp3) is 0.190. The summed E-state index contributed by atoms with van der Waals surface area (Å²) < 4.78 is 5.59. The molecule has 4 rings (SSSR count). The second-order valence-electron chi connectivity index (χ2n) is 6.39. The Hall–Kier alpha value is -2.90. The van der Waals surface area contributed by atoms with E-state index in [0.29, 0.717) is 26.3 Å². The molecular weight excluding hydrogens is 408 g/mol. The maximum atomic E-state index is 12.6. The topological polar surface area (TPSA) is 71.3 Å². The Morgan fingerprint density at radius 2 is 1.83 bits per heavy atom. The molecule has 4 aromatic rings. The number of fused-ring (bicyclic) bond motifs is 1. The predicted molar refractivity (Wildman–Crippen MR) is 120 cm³/mol. The predicted octanol–water partition coefficient (Wildman–Crippen LogP) is 5.55. The van der Waals surface area contributed by atoms with Gasteiger partial charge in [0.15, 0.2) is 5.01 Å². The van der Waals surface area contributed by atoms with Crippen LogP contribution in [0.5, 0.6) is 0 Å². The number of nitrogens with one attached hydrogen (secondary N) is 1. The van der Waals surface area contributed by atoms with Gasteiger partial charge < -0.3 is 14.6 Å². The van der Waals surface area contributed by atoms with Crippen LogP contribution >= 0.6 is 22.9 Å². The summed E-state index contributed by atoms with van der Waals surface area (Å²) in [6, 6.07) is 15.0. The molecule has 0 bridgehead atoms. The molecule has 0 unspecified atom stereocenters. The molecule has 0 atom stereocenters. The third kappa shape index (κ3) is 4.11. The summed E-state index contributed by atoms with van der Waals surface area (Å²) in [6.07, 6.45) is 0. The number of benzene rings is 2. The van der Waals surface area contributed by atoms with Crippen molar-refractivity contribution < 1.29 is 4.42 Å². The molecule has 0 spiro atoms. The van der Waals surface area contributed by atoms with Gasteiger partial charge in [0.05, 0.1) is 5.56 Å². The highest BCUT2D eigenvalue weighted by molar-refractivity contribution is 7.18. The fourth-order valence-electron chi connectivity index (χ4n) is 3.07. The molecule has 148 valence electrons. The van der Waals surface area contributed by atoms with Crippen molar-refractivity contribution in [3.8, 4) is 10.6 Å². The van der Waals surface area contributed by atoms with Gasteiger partial charge in [-0.1, -0.05) is 22.9 Å². The number of rotatable bonds is 6. The molecule has 8 heteroatoms. The van der Waals surface area contributed by atoms with Gasteiger partial charge in [0.25, 0.3) is 0 Å². The standard InChI is InChI=1S/C21H19ClN4O2S/c1-3-26(4-2)16-10-5-13-11-17(20(27)28-18(13)12-16)19-24-25-21(29-19)23-15-8-6-14(22)7-9-15/h5-12H,3-4H2,1-2H3,(H,23,25). The van der Waals surface area contributed by atoms with Crippen molar-refractivity contribution in [2.45, 2.75) is 13.8 Å². The molecule has 6 nitrogen and oxygen atoms in total. The van der Waals surface area contributed by atoms with Gasteiger partial charge in [-0.25, -0.2) is 4.79 Å². The van der Waals surface area contributed by atoms with E-state index in [9.17, 15) is 4.79 Å². The molecule has 29 heavy (non-hydrogen) atoms. The first-order valence-electron chi connectivity index (χ1n) is 9.26. The zero-order chi connectivity index (χ0) is 20.4. The van der Waals surface area contributed by atoms with Gasteiger partial charge in [-0.2, -0.15) is 0 Å². The molecule has 0 aliphatic carbocycles. The number of anilines is 3. The van der Waals surface area contributed by atoms with Gasteiger partial charge in [-0.3, -0.25) is 0 Å². The number of hydrogen-bond donors (Lipinski definition) is 1. The summed E-state index contributed by atoms with van der Waals surface area (Å²) in [5.41, 5.74) is 2.40.